The number of carbonyl (C=O) groups excluding carboxylic acids is 2. The van der Waals surface area contributed by atoms with Gasteiger partial charge in [-0.05, 0) is 43.9 Å². The average Bonchev–Trinajstić information content (AvgIpc) is 3.22. The summed E-state index contributed by atoms with van der Waals surface area (Å²) in [6.07, 6.45) is 2.30. The standard InChI is InChI=1S/C15H17NO5/c1-9(10-2-3-10)16-14(17)7-19-15(18)11-4-5-12-13(6-11)21-8-20-12/h4-6,9-10H,2-3,7-8H2,1H3,(H,16,17)/t9-/m0/s1. The number of rotatable bonds is 5. The Balaban J connectivity index is 1.50. The van der Waals surface area contributed by atoms with Crippen molar-refractivity contribution < 1.29 is 23.8 Å². The van der Waals surface area contributed by atoms with E-state index in [4.69, 9.17) is 14.2 Å². The van der Waals surface area contributed by atoms with Gasteiger partial charge in [-0.3, -0.25) is 4.79 Å². The fourth-order valence-corrected chi connectivity index (χ4v) is 2.25. The maximum Gasteiger partial charge on any atom is 0.338 e. The molecular weight excluding hydrogens is 274 g/mol. The molecule has 1 saturated carbocycles. The van der Waals surface area contributed by atoms with Gasteiger partial charge in [0, 0.05) is 6.04 Å². The molecule has 1 N–H and O–H groups in total. The third-order valence-corrected chi connectivity index (χ3v) is 3.66. The number of ether oxygens (including phenoxy) is 3. The van der Waals surface area contributed by atoms with Crippen molar-refractivity contribution in [3.05, 3.63) is 23.8 Å². The average molecular weight is 291 g/mol. The van der Waals surface area contributed by atoms with Crippen molar-refractivity contribution in [1.29, 1.82) is 0 Å². The summed E-state index contributed by atoms with van der Waals surface area (Å²) >= 11 is 0. The van der Waals surface area contributed by atoms with Crippen molar-refractivity contribution in [3.8, 4) is 11.5 Å². The van der Waals surface area contributed by atoms with Gasteiger partial charge < -0.3 is 19.5 Å². The zero-order chi connectivity index (χ0) is 14.8. The second-order valence-corrected chi connectivity index (χ2v) is 5.34. The zero-order valence-electron chi connectivity index (χ0n) is 11.8. The Morgan fingerprint density at radius 2 is 2.10 bits per heavy atom. The molecular formula is C15H17NO5. The van der Waals surface area contributed by atoms with Crippen LogP contribution in [0.15, 0.2) is 18.2 Å². The van der Waals surface area contributed by atoms with Crippen LogP contribution in [0.5, 0.6) is 11.5 Å². The molecule has 3 rings (SSSR count). The molecule has 0 bridgehead atoms. The van der Waals surface area contributed by atoms with Crippen molar-refractivity contribution in [2.45, 2.75) is 25.8 Å². The predicted octanol–water partition coefficient (Wildman–Crippen LogP) is 1.49. The maximum atomic E-state index is 11.9. The minimum absolute atomic E-state index is 0.141. The lowest BCUT2D eigenvalue weighted by Crippen LogP contribution is -2.37. The number of amides is 1. The molecule has 0 aromatic heterocycles. The van der Waals surface area contributed by atoms with Crippen LogP contribution in [0.2, 0.25) is 0 Å². The molecule has 0 spiro atoms. The fraction of sp³-hybridized carbons (Fsp3) is 0.467. The Labute approximate surface area is 122 Å². The van der Waals surface area contributed by atoms with E-state index >= 15 is 0 Å². The van der Waals surface area contributed by atoms with E-state index in [0.717, 1.165) is 12.8 Å². The number of fused-ring (bicyclic) bond motifs is 1. The van der Waals surface area contributed by atoms with E-state index in [-0.39, 0.29) is 25.3 Å². The number of hydrogen-bond donors (Lipinski definition) is 1. The van der Waals surface area contributed by atoms with Gasteiger partial charge in [0.05, 0.1) is 5.56 Å². The highest BCUT2D eigenvalue weighted by Crippen LogP contribution is 2.33. The van der Waals surface area contributed by atoms with E-state index in [1.807, 2.05) is 6.92 Å². The minimum atomic E-state index is -0.553. The Morgan fingerprint density at radius 1 is 1.33 bits per heavy atom. The van der Waals surface area contributed by atoms with Gasteiger partial charge in [0.15, 0.2) is 18.1 Å². The maximum absolute atomic E-state index is 11.9. The molecule has 0 radical (unpaired) electrons. The Morgan fingerprint density at radius 3 is 2.86 bits per heavy atom. The highest BCUT2D eigenvalue weighted by atomic mass is 16.7. The van der Waals surface area contributed by atoms with Crippen molar-refractivity contribution in [2.75, 3.05) is 13.4 Å². The first-order chi connectivity index (χ1) is 10.1. The van der Waals surface area contributed by atoms with Gasteiger partial charge in [0.2, 0.25) is 6.79 Å². The van der Waals surface area contributed by atoms with Crippen LogP contribution in [0.1, 0.15) is 30.1 Å². The lowest BCUT2D eigenvalue weighted by molar-refractivity contribution is -0.124. The number of benzene rings is 1. The normalized spacial score (nSPS) is 17.2. The molecule has 1 aromatic rings. The van der Waals surface area contributed by atoms with Gasteiger partial charge in [-0.2, -0.15) is 0 Å². The number of hydrogen-bond acceptors (Lipinski definition) is 5. The molecule has 1 aliphatic heterocycles. The Kier molecular flexibility index (Phi) is 3.68. The van der Waals surface area contributed by atoms with E-state index in [9.17, 15) is 9.59 Å². The van der Waals surface area contributed by atoms with Crippen molar-refractivity contribution >= 4 is 11.9 Å². The predicted molar refractivity (Wildman–Crippen MR) is 73.2 cm³/mol. The van der Waals surface area contributed by atoms with Gasteiger partial charge in [-0.25, -0.2) is 4.79 Å². The topological polar surface area (TPSA) is 73.9 Å². The third kappa shape index (κ3) is 3.26. The van der Waals surface area contributed by atoms with E-state index in [1.165, 1.54) is 0 Å². The highest BCUT2D eigenvalue weighted by Gasteiger charge is 2.29. The van der Waals surface area contributed by atoms with Gasteiger partial charge in [0.1, 0.15) is 0 Å². The SMILES string of the molecule is C[C@H](NC(=O)COC(=O)c1ccc2c(c1)OCO2)C1CC1. The van der Waals surface area contributed by atoms with Crippen LogP contribution >= 0.6 is 0 Å². The van der Waals surface area contributed by atoms with Gasteiger partial charge in [-0.15, -0.1) is 0 Å². The Bertz CT molecular complexity index is 567. The first-order valence-corrected chi connectivity index (χ1v) is 6.99. The first kappa shape index (κ1) is 13.7. The summed E-state index contributed by atoms with van der Waals surface area (Å²) in [5.74, 6) is 0.850. The molecule has 1 aromatic carbocycles. The molecule has 1 fully saturated rings. The summed E-state index contributed by atoms with van der Waals surface area (Å²) in [5.41, 5.74) is 0.335. The van der Waals surface area contributed by atoms with Crippen LogP contribution in [0.25, 0.3) is 0 Å². The molecule has 1 atom stereocenters. The van der Waals surface area contributed by atoms with E-state index in [0.29, 0.717) is 23.0 Å². The highest BCUT2D eigenvalue weighted by molar-refractivity contribution is 5.92. The van der Waals surface area contributed by atoms with Crippen LogP contribution in [0.3, 0.4) is 0 Å². The summed E-state index contributed by atoms with van der Waals surface area (Å²) in [6, 6.07) is 4.92. The van der Waals surface area contributed by atoms with Gasteiger partial charge in [-0.1, -0.05) is 0 Å². The van der Waals surface area contributed by atoms with Crippen LogP contribution in [0.4, 0.5) is 0 Å². The number of nitrogens with one attached hydrogen (secondary N) is 1. The molecule has 0 unspecified atom stereocenters. The minimum Gasteiger partial charge on any atom is -0.454 e. The van der Waals surface area contributed by atoms with Crippen molar-refractivity contribution in [2.24, 2.45) is 5.92 Å². The van der Waals surface area contributed by atoms with Crippen molar-refractivity contribution in [3.63, 3.8) is 0 Å². The van der Waals surface area contributed by atoms with Crippen LogP contribution < -0.4 is 14.8 Å². The summed E-state index contributed by atoms with van der Waals surface area (Å²) in [7, 11) is 0. The number of esters is 1. The van der Waals surface area contributed by atoms with Crippen molar-refractivity contribution in [1.82, 2.24) is 5.32 Å². The smallest absolute Gasteiger partial charge is 0.338 e. The molecule has 6 heteroatoms. The van der Waals surface area contributed by atoms with Crippen LogP contribution in [-0.4, -0.2) is 31.3 Å². The number of carbonyl (C=O) groups is 2. The zero-order valence-corrected chi connectivity index (χ0v) is 11.8. The summed E-state index contributed by atoms with van der Waals surface area (Å²) in [6.45, 7) is 1.84. The molecule has 2 aliphatic rings. The first-order valence-electron chi connectivity index (χ1n) is 6.99. The monoisotopic (exact) mass is 291 g/mol. The largest absolute Gasteiger partial charge is 0.454 e. The van der Waals surface area contributed by atoms with E-state index in [1.54, 1.807) is 18.2 Å². The molecule has 1 amide bonds. The molecule has 6 nitrogen and oxygen atoms in total. The molecule has 112 valence electrons. The van der Waals surface area contributed by atoms with Gasteiger partial charge >= 0.3 is 5.97 Å². The Hall–Kier alpha value is -2.24. The molecule has 0 saturated heterocycles. The fourth-order valence-electron chi connectivity index (χ4n) is 2.25. The summed E-state index contributed by atoms with van der Waals surface area (Å²) < 4.78 is 15.4. The van der Waals surface area contributed by atoms with Crippen LogP contribution in [0, 0.1) is 5.92 Å². The summed E-state index contributed by atoms with van der Waals surface area (Å²) in [5, 5.41) is 2.83. The van der Waals surface area contributed by atoms with Gasteiger partial charge in [0.25, 0.3) is 5.91 Å². The van der Waals surface area contributed by atoms with E-state index in [2.05, 4.69) is 5.32 Å². The molecule has 1 heterocycles. The third-order valence-electron chi connectivity index (χ3n) is 3.66. The van der Waals surface area contributed by atoms with Crippen LogP contribution in [-0.2, 0) is 9.53 Å². The summed E-state index contributed by atoms with van der Waals surface area (Å²) in [4.78, 5) is 23.6. The molecule has 21 heavy (non-hydrogen) atoms. The second-order valence-electron chi connectivity index (χ2n) is 5.34. The second kappa shape index (κ2) is 5.63. The lowest BCUT2D eigenvalue weighted by atomic mass is 10.2. The quantitative estimate of drug-likeness (QED) is 0.832. The lowest BCUT2D eigenvalue weighted by Gasteiger charge is -2.12. The van der Waals surface area contributed by atoms with E-state index < -0.39 is 5.97 Å². The molecule has 1 aliphatic carbocycles.